The molecule has 2 amide bonds. The Bertz CT molecular complexity index is 864. The van der Waals surface area contributed by atoms with Gasteiger partial charge in [-0.05, 0) is 36.8 Å². The van der Waals surface area contributed by atoms with Gasteiger partial charge in [-0.3, -0.25) is 9.59 Å². The van der Waals surface area contributed by atoms with E-state index >= 15 is 0 Å². The monoisotopic (exact) mass is 371 g/mol. The van der Waals surface area contributed by atoms with Crippen LogP contribution < -0.4 is 25.0 Å². The third-order valence-electron chi connectivity index (χ3n) is 3.59. The van der Waals surface area contributed by atoms with Crippen LogP contribution in [0, 0.1) is 6.92 Å². The van der Waals surface area contributed by atoms with Gasteiger partial charge >= 0.3 is 11.8 Å². The maximum absolute atomic E-state index is 11.9. The minimum absolute atomic E-state index is 0.388. The van der Waals surface area contributed by atoms with E-state index < -0.39 is 11.8 Å². The number of amides is 2. The number of carbonyl (C=O) groups excluding carboxylic acids is 2. The first-order chi connectivity index (χ1) is 13.0. The summed E-state index contributed by atoms with van der Waals surface area (Å²) in [4.78, 5) is 23.8. The molecule has 0 radical (unpaired) electrons. The fraction of sp³-hybridized carbons (Fsp3) is 0.211. The zero-order valence-electron chi connectivity index (χ0n) is 15.5. The highest BCUT2D eigenvalue weighted by Gasteiger charge is 2.16. The zero-order valence-corrected chi connectivity index (χ0v) is 15.5. The largest absolute Gasteiger partial charge is 0.493 e. The number of ether oxygens (including phenoxy) is 3. The van der Waals surface area contributed by atoms with Crippen LogP contribution in [-0.2, 0) is 9.59 Å². The van der Waals surface area contributed by atoms with Gasteiger partial charge in [-0.15, -0.1) is 0 Å². The molecule has 0 aliphatic heterocycles. The van der Waals surface area contributed by atoms with Gasteiger partial charge in [0.05, 0.1) is 27.5 Å². The third kappa shape index (κ3) is 4.97. The first-order valence-electron chi connectivity index (χ1n) is 8.00. The Morgan fingerprint density at radius 3 is 2.33 bits per heavy atom. The minimum atomic E-state index is -0.896. The maximum Gasteiger partial charge on any atom is 0.329 e. The van der Waals surface area contributed by atoms with Gasteiger partial charge in [0.15, 0.2) is 11.5 Å². The maximum atomic E-state index is 11.9. The Kier molecular flexibility index (Phi) is 6.76. The predicted octanol–water partition coefficient (Wildman–Crippen LogP) is 2.11. The molecule has 0 spiro atoms. The van der Waals surface area contributed by atoms with E-state index in [4.69, 9.17) is 14.2 Å². The molecule has 2 rings (SSSR count). The fourth-order valence-corrected chi connectivity index (χ4v) is 2.35. The van der Waals surface area contributed by atoms with Crippen molar-refractivity contribution in [3.8, 4) is 17.2 Å². The number of hydrazone groups is 1. The summed E-state index contributed by atoms with van der Waals surface area (Å²) in [7, 11) is 4.47. The highest BCUT2D eigenvalue weighted by atomic mass is 16.5. The number of hydrogen-bond donors (Lipinski definition) is 2. The molecule has 8 heteroatoms. The van der Waals surface area contributed by atoms with Crippen LogP contribution in [0.4, 0.5) is 5.69 Å². The molecule has 2 aromatic rings. The Labute approximate surface area is 157 Å². The predicted molar refractivity (Wildman–Crippen MR) is 102 cm³/mol. The normalized spacial score (nSPS) is 10.4. The van der Waals surface area contributed by atoms with Crippen molar-refractivity contribution in [1.29, 1.82) is 0 Å². The van der Waals surface area contributed by atoms with E-state index in [0.717, 1.165) is 5.56 Å². The van der Waals surface area contributed by atoms with E-state index in [9.17, 15) is 9.59 Å². The standard InChI is InChI=1S/C19H21N3O5/c1-12-6-5-7-14(10-12)21-18(23)19(24)22-20-11-13-8-9-15(25-2)17(27-4)16(13)26-3/h5-11H,1-4H3,(H,21,23)(H,22,24). The van der Waals surface area contributed by atoms with Crippen LogP contribution in [0.2, 0.25) is 0 Å². The van der Waals surface area contributed by atoms with Crippen molar-refractivity contribution in [2.45, 2.75) is 6.92 Å². The van der Waals surface area contributed by atoms with Crippen molar-refractivity contribution in [2.24, 2.45) is 5.10 Å². The SMILES string of the molecule is COc1ccc(C=NNC(=O)C(=O)Nc2cccc(C)c2)c(OC)c1OC. The van der Waals surface area contributed by atoms with Gasteiger partial charge in [-0.25, -0.2) is 5.43 Å². The highest BCUT2D eigenvalue weighted by Crippen LogP contribution is 2.38. The second kappa shape index (κ2) is 9.23. The van der Waals surface area contributed by atoms with E-state index in [2.05, 4.69) is 15.8 Å². The number of benzene rings is 2. The summed E-state index contributed by atoms with van der Waals surface area (Å²) >= 11 is 0. The lowest BCUT2D eigenvalue weighted by molar-refractivity contribution is -0.136. The van der Waals surface area contributed by atoms with Crippen LogP contribution in [0.25, 0.3) is 0 Å². The third-order valence-corrected chi connectivity index (χ3v) is 3.59. The van der Waals surface area contributed by atoms with Gasteiger partial charge in [0.1, 0.15) is 0 Å². The van der Waals surface area contributed by atoms with Crippen LogP contribution in [-0.4, -0.2) is 39.4 Å². The first-order valence-corrected chi connectivity index (χ1v) is 8.00. The molecule has 2 aromatic carbocycles. The van der Waals surface area contributed by atoms with E-state index in [1.165, 1.54) is 27.5 Å². The van der Waals surface area contributed by atoms with Crippen molar-refractivity contribution in [3.05, 3.63) is 47.5 Å². The molecule has 0 fully saturated rings. The topological polar surface area (TPSA) is 98.2 Å². The molecule has 0 aliphatic carbocycles. The minimum Gasteiger partial charge on any atom is -0.493 e. The molecule has 2 N–H and O–H groups in total. The average Bonchev–Trinajstić information content (AvgIpc) is 2.67. The summed E-state index contributed by atoms with van der Waals surface area (Å²) < 4.78 is 15.8. The van der Waals surface area contributed by atoms with Gasteiger partial charge in [0.2, 0.25) is 5.75 Å². The van der Waals surface area contributed by atoms with E-state index in [1.54, 1.807) is 30.3 Å². The van der Waals surface area contributed by atoms with Crippen LogP contribution in [0.3, 0.4) is 0 Å². The Balaban J connectivity index is 2.06. The molecular weight excluding hydrogens is 350 g/mol. The van der Waals surface area contributed by atoms with Gasteiger partial charge < -0.3 is 19.5 Å². The van der Waals surface area contributed by atoms with Crippen molar-refractivity contribution in [3.63, 3.8) is 0 Å². The van der Waals surface area contributed by atoms with Crippen molar-refractivity contribution in [1.82, 2.24) is 5.43 Å². The van der Waals surface area contributed by atoms with Gasteiger partial charge in [0.25, 0.3) is 0 Å². The lowest BCUT2D eigenvalue weighted by Gasteiger charge is -2.13. The average molecular weight is 371 g/mol. The Hall–Kier alpha value is -3.55. The second-order valence-electron chi connectivity index (χ2n) is 5.45. The highest BCUT2D eigenvalue weighted by molar-refractivity contribution is 6.39. The summed E-state index contributed by atoms with van der Waals surface area (Å²) in [5, 5.41) is 6.30. The molecule has 0 aliphatic rings. The number of nitrogens with one attached hydrogen (secondary N) is 2. The van der Waals surface area contributed by atoms with Crippen molar-refractivity contribution >= 4 is 23.7 Å². The van der Waals surface area contributed by atoms with E-state index in [-0.39, 0.29) is 0 Å². The molecular formula is C19H21N3O5. The Morgan fingerprint density at radius 1 is 0.963 bits per heavy atom. The molecule has 0 aromatic heterocycles. The first kappa shape index (κ1) is 19.8. The Morgan fingerprint density at radius 2 is 1.70 bits per heavy atom. The van der Waals surface area contributed by atoms with E-state index in [1.807, 2.05) is 13.0 Å². The number of anilines is 1. The van der Waals surface area contributed by atoms with Gasteiger partial charge in [0, 0.05) is 11.3 Å². The van der Waals surface area contributed by atoms with Gasteiger partial charge in [-0.1, -0.05) is 12.1 Å². The molecule has 0 saturated carbocycles. The zero-order chi connectivity index (χ0) is 19.8. The number of aryl methyl sites for hydroxylation is 1. The second-order valence-corrected chi connectivity index (χ2v) is 5.45. The summed E-state index contributed by atoms with van der Waals surface area (Å²) in [6, 6.07) is 10.5. The number of nitrogens with zero attached hydrogens (tertiary/aromatic N) is 1. The van der Waals surface area contributed by atoms with Crippen LogP contribution >= 0.6 is 0 Å². The molecule has 27 heavy (non-hydrogen) atoms. The molecule has 142 valence electrons. The molecule has 0 bridgehead atoms. The van der Waals surface area contributed by atoms with Crippen molar-refractivity contribution < 1.29 is 23.8 Å². The molecule has 0 atom stereocenters. The fourth-order valence-electron chi connectivity index (χ4n) is 2.35. The molecule has 0 heterocycles. The van der Waals surface area contributed by atoms with Crippen LogP contribution in [0.5, 0.6) is 17.2 Å². The summed E-state index contributed by atoms with van der Waals surface area (Å²) in [5.74, 6) is -0.441. The van der Waals surface area contributed by atoms with Gasteiger partial charge in [-0.2, -0.15) is 5.10 Å². The summed E-state index contributed by atoms with van der Waals surface area (Å²) in [5.41, 5.74) is 4.20. The number of carbonyl (C=O) groups is 2. The lowest BCUT2D eigenvalue weighted by Crippen LogP contribution is -2.32. The molecule has 0 unspecified atom stereocenters. The van der Waals surface area contributed by atoms with Crippen LogP contribution in [0.1, 0.15) is 11.1 Å². The summed E-state index contributed by atoms with van der Waals surface area (Å²) in [6.07, 6.45) is 1.35. The number of methoxy groups -OCH3 is 3. The smallest absolute Gasteiger partial charge is 0.329 e. The summed E-state index contributed by atoms with van der Waals surface area (Å²) in [6.45, 7) is 1.89. The van der Waals surface area contributed by atoms with E-state index in [0.29, 0.717) is 28.5 Å². The number of hydrogen-bond acceptors (Lipinski definition) is 6. The number of rotatable bonds is 6. The molecule has 8 nitrogen and oxygen atoms in total. The lowest BCUT2D eigenvalue weighted by atomic mass is 10.2. The quantitative estimate of drug-likeness (QED) is 0.460. The van der Waals surface area contributed by atoms with Crippen LogP contribution in [0.15, 0.2) is 41.5 Å². The van der Waals surface area contributed by atoms with Crippen molar-refractivity contribution in [2.75, 3.05) is 26.6 Å². The molecule has 0 saturated heterocycles.